The molecule has 0 unspecified atom stereocenters. The largest absolute Gasteiger partial charge is 0.512 e. The normalized spacial score (nSPS) is 10.5. The van der Waals surface area contributed by atoms with Crippen molar-refractivity contribution in [2.75, 3.05) is 6.61 Å². The summed E-state index contributed by atoms with van der Waals surface area (Å²) in [4.78, 5) is 37.0. The van der Waals surface area contributed by atoms with Gasteiger partial charge in [-0.3, -0.25) is 9.13 Å². The van der Waals surface area contributed by atoms with Gasteiger partial charge in [0.1, 0.15) is 0 Å². The van der Waals surface area contributed by atoms with Crippen LogP contribution in [0.15, 0.2) is 65.5 Å². The van der Waals surface area contributed by atoms with Crippen LogP contribution in [0.5, 0.6) is 5.88 Å². The first-order valence-electron chi connectivity index (χ1n) is 9.00. The predicted molar refractivity (Wildman–Crippen MR) is 104 cm³/mol. The van der Waals surface area contributed by atoms with E-state index in [4.69, 9.17) is 9.47 Å². The predicted octanol–water partition coefficient (Wildman–Crippen LogP) is 2.98. The highest BCUT2D eigenvalue weighted by Gasteiger charge is 2.29. The molecule has 0 fully saturated rings. The van der Waals surface area contributed by atoms with E-state index in [1.54, 1.807) is 55.5 Å². The van der Waals surface area contributed by atoms with E-state index >= 15 is 0 Å². The second-order valence-electron chi connectivity index (χ2n) is 6.17. The van der Waals surface area contributed by atoms with E-state index < -0.39 is 17.8 Å². The van der Waals surface area contributed by atoms with Crippen LogP contribution in [0.25, 0.3) is 0 Å². The molecule has 0 spiro atoms. The number of aromatic nitrogens is 2. The SMILES string of the molecule is CCOC(=O)c1c(OC(=O)O)n(Cc2ccccc2)c(=O)n1Cc1ccccc1. The molecule has 0 amide bonds. The second-order valence-corrected chi connectivity index (χ2v) is 6.17. The summed E-state index contributed by atoms with van der Waals surface area (Å²) in [5.41, 5.74) is 0.701. The zero-order valence-corrected chi connectivity index (χ0v) is 15.8. The van der Waals surface area contributed by atoms with Gasteiger partial charge in [0, 0.05) is 0 Å². The fourth-order valence-corrected chi connectivity index (χ4v) is 2.97. The lowest BCUT2D eigenvalue weighted by Crippen LogP contribution is -2.27. The summed E-state index contributed by atoms with van der Waals surface area (Å²) in [6.45, 7) is 1.78. The fraction of sp³-hybridized carbons (Fsp3) is 0.190. The van der Waals surface area contributed by atoms with Crippen molar-refractivity contribution in [1.82, 2.24) is 9.13 Å². The Balaban J connectivity index is 2.18. The molecule has 2 aromatic carbocycles. The molecular formula is C21H20N2O6. The molecule has 0 aliphatic carbocycles. The van der Waals surface area contributed by atoms with E-state index in [-0.39, 0.29) is 31.3 Å². The molecule has 0 bridgehead atoms. The van der Waals surface area contributed by atoms with Gasteiger partial charge in [-0.05, 0) is 18.1 Å². The van der Waals surface area contributed by atoms with Crippen LogP contribution in [-0.4, -0.2) is 33.0 Å². The lowest BCUT2D eigenvalue weighted by Gasteiger charge is -2.09. The van der Waals surface area contributed by atoms with Crippen molar-refractivity contribution >= 4 is 12.1 Å². The van der Waals surface area contributed by atoms with Crippen LogP contribution in [0.4, 0.5) is 4.79 Å². The third-order valence-electron chi connectivity index (χ3n) is 4.20. The Morgan fingerprint density at radius 3 is 1.90 bits per heavy atom. The summed E-state index contributed by atoms with van der Waals surface area (Å²) in [7, 11) is 0. The summed E-state index contributed by atoms with van der Waals surface area (Å²) in [5, 5.41) is 9.18. The summed E-state index contributed by atoms with van der Waals surface area (Å²) in [6, 6.07) is 18.0. The quantitative estimate of drug-likeness (QED) is 0.617. The molecule has 29 heavy (non-hydrogen) atoms. The van der Waals surface area contributed by atoms with Crippen LogP contribution in [0.2, 0.25) is 0 Å². The van der Waals surface area contributed by atoms with Crippen molar-refractivity contribution in [2.45, 2.75) is 20.0 Å². The van der Waals surface area contributed by atoms with Gasteiger partial charge in [0.15, 0.2) is 5.69 Å². The standard InChI is InChI=1S/C21H20N2O6/c1-2-28-19(24)17-18(29-21(26)27)23(14-16-11-7-4-8-12-16)20(25)22(17)13-15-9-5-3-6-10-15/h3-12H,2,13-14H2,1H3,(H,26,27). The van der Waals surface area contributed by atoms with Gasteiger partial charge in [0.25, 0.3) is 0 Å². The van der Waals surface area contributed by atoms with Crippen molar-refractivity contribution < 1.29 is 24.2 Å². The monoisotopic (exact) mass is 396 g/mol. The summed E-state index contributed by atoms with van der Waals surface area (Å²) in [5.74, 6) is -1.19. The van der Waals surface area contributed by atoms with Crippen LogP contribution < -0.4 is 10.4 Å². The molecule has 0 saturated carbocycles. The van der Waals surface area contributed by atoms with Crippen LogP contribution in [0, 0.1) is 0 Å². The molecule has 1 aromatic heterocycles. The minimum absolute atomic E-state index is 0.0382. The Hall–Kier alpha value is -3.81. The molecule has 0 aliphatic heterocycles. The van der Waals surface area contributed by atoms with Crippen molar-refractivity contribution in [1.29, 1.82) is 0 Å². The second kappa shape index (κ2) is 8.92. The van der Waals surface area contributed by atoms with Gasteiger partial charge in [-0.25, -0.2) is 14.4 Å². The van der Waals surface area contributed by atoms with Gasteiger partial charge in [-0.1, -0.05) is 60.7 Å². The molecule has 1 N–H and O–H groups in total. The highest BCUT2D eigenvalue weighted by molar-refractivity contribution is 5.91. The van der Waals surface area contributed by atoms with Crippen molar-refractivity contribution in [3.05, 3.63) is 88.0 Å². The highest BCUT2D eigenvalue weighted by Crippen LogP contribution is 2.22. The number of nitrogens with zero attached hydrogens (tertiary/aromatic N) is 2. The lowest BCUT2D eigenvalue weighted by atomic mass is 10.2. The molecule has 0 radical (unpaired) electrons. The number of carboxylic acid groups (broad SMARTS) is 1. The number of benzene rings is 2. The first-order valence-corrected chi connectivity index (χ1v) is 9.00. The summed E-state index contributed by atoms with van der Waals surface area (Å²) in [6.07, 6.45) is -1.63. The Kier molecular flexibility index (Phi) is 6.13. The number of imidazole rings is 1. The van der Waals surface area contributed by atoms with Gasteiger partial charge in [-0.15, -0.1) is 0 Å². The lowest BCUT2D eigenvalue weighted by molar-refractivity contribution is 0.0509. The number of hydrogen-bond acceptors (Lipinski definition) is 5. The number of carbonyl (C=O) groups is 2. The van der Waals surface area contributed by atoms with E-state index in [1.165, 1.54) is 4.57 Å². The average Bonchev–Trinajstić information content (AvgIpc) is 2.95. The average molecular weight is 396 g/mol. The molecule has 3 rings (SSSR count). The molecule has 8 nitrogen and oxygen atoms in total. The van der Waals surface area contributed by atoms with E-state index in [9.17, 15) is 19.5 Å². The molecule has 1 heterocycles. The number of rotatable bonds is 7. The zero-order chi connectivity index (χ0) is 20.8. The Morgan fingerprint density at radius 1 is 0.897 bits per heavy atom. The molecule has 8 heteroatoms. The number of hydrogen-bond donors (Lipinski definition) is 1. The Morgan fingerprint density at radius 2 is 1.41 bits per heavy atom. The third-order valence-corrected chi connectivity index (χ3v) is 4.20. The summed E-state index contributed by atoms with van der Waals surface area (Å²) >= 11 is 0. The maximum atomic E-state index is 13.2. The van der Waals surface area contributed by atoms with Crippen LogP contribution >= 0.6 is 0 Å². The first-order chi connectivity index (χ1) is 14.0. The van der Waals surface area contributed by atoms with E-state index in [1.807, 2.05) is 12.1 Å². The van der Waals surface area contributed by atoms with Crippen LogP contribution in [0.3, 0.4) is 0 Å². The van der Waals surface area contributed by atoms with Crippen molar-refractivity contribution in [3.8, 4) is 5.88 Å². The molecule has 150 valence electrons. The van der Waals surface area contributed by atoms with Gasteiger partial charge in [-0.2, -0.15) is 0 Å². The maximum absolute atomic E-state index is 13.2. The zero-order valence-electron chi connectivity index (χ0n) is 15.8. The van der Waals surface area contributed by atoms with Gasteiger partial charge in [0.05, 0.1) is 19.7 Å². The van der Waals surface area contributed by atoms with Crippen LogP contribution in [-0.2, 0) is 17.8 Å². The molecule has 0 atom stereocenters. The van der Waals surface area contributed by atoms with E-state index in [2.05, 4.69) is 0 Å². The summed E-state index contributed by atoms with van der Waals surface area (Å²) < 4.78 is 12.2. The first kappa shape index (κ1) is 19.9. The minimum Gasteiger partial charge on any atom is -0.461 e. The topological polar surface area (TPSA) is 99.8 Å². The van der Waals surface area contributed by atoms with Crippen LogP contribution in [0.1, 0.15) is 28.5 Å². The fourth-order valence-electron chi connectivity index (χ4n) is 2.97. The van der Waals surface area contributed by atoms with Crippen molar-refractivity contribution in [3.63, 3.8) is 0 Å². The molecule has 0 aliphatic rings. The van der Waals surface area contributed by atoms with Crippen molar-refractivity contribution in [2.24, 2.45) is 0 Å². The number of ether oxygens (including phenoxy) is 2. The Bertz CT molecular complexity index is 1050. The van der Waals surface area contributed by atoms with E-state index in [0.29, 0.717) is 0 Å². The van der Waals surface area contributed by atoms with Gasteiger partial charge in [0.2, 0.25) is 5.88 Å². The highest BCUT2D eigenvalue weighted by atomic mass is 16.7. The molecule has 3 aromatic rings. The van der Waals surface area contributed by atoms with Gasteiger partial charge < -0.3 is 14.6 Å². The molecule has 0 saturated heterocycles. The minimum atomic E-state index is -1.63. The van der Waals surface area contributed by atoms with Gasteiger partial charge >= 0.3 is 17.8 Å². The number of carbonyl (C=O) groups excluding carboxylic acids is 1. The maximum Gasteiger partial charge on any atom is 0.512 e. The van der Waals surface area contributed by atoms with E-state index in [0.717, 1.165) is 15.7 Å². The Labute approximate surface area is 166 Å². The third kappa shape index (κ3) is 4.55. The smallest absolute Gasteiger partial charge is 0.461 e. The molecular weight excluding hydrogens is 376 g/mol. The number of esters is 1.